The molecule has 0 aliphatic heterocycles. The molecule has 0 N–H and O–H groups in total. The summed E-state index contributed by atoms with van der Waals surface area (Å²) in [6.07, 6.45) is 26.0. The van der Waals surface area contributed by atoms with Crippen LogP contribution in [0, 0.1) is 56.1 Å². The summed E-state index contributed by atoms with van der Waals surface area (Å²) < 4.78 is 28.2. The fraction of sp³-hybridized carbons (Fsp3) is 0.607. The zero-order valence-corrected chi connectivity index (χ0v) is 22.6. The fourth-order valence-electron chi connectivity index (χ4n) is 5.32. The molecule has 2 aliphatic carbocycles. The Bertz CT molecular complexity index is 659. The van der Waals surface area contributed by atoms with Crippen LogP contribution in [0.3, 0.4) is 0 Å². The van der Waals surface area contributed by atoms with Crippen LogP contribution >= 0.6 is 0 Å². The molecule has 3 rings (SSSR count). The Labute approximate surface area is 218 Å². The number of benzene rings is 1. The molecule has 0 aromatic heterocycles. The van der Waals surface area contributed by atoms with Gasteiger partial charge in [-0.05, 0) is 100 Å². The maximum Gasteiger partial charge on any atom is 0.162 e. The Morgan fingerprint density at radius 1 is 0.968 bits per heavy atom. The number of rotatable bonds is 5. The molecule has 0 unspecified atom stereocenters. The zero-order chi connectivity index (χ0) is 22.5. The molecule has 0 amide bonds. The molecular weight excluding hydrogens is 463 g/mol. The van der Waals surface area contributed by atoms with E-state index in [-0.39, 0.29) is 41.5 Å². The first-order valence-corrected chi connectivity index (χ1v) is 11.6. The molecule has 175 valence electrons. The number of aryl methyl sites for hydroxylation is 1. The van der Waals surface area contributed by atoms with Crippen molar-refractivity contribution in [2.24, 2.45) is 17.8 Å². The molecule has 0 bridgehead atoms. The Morgan fingerprint density at radius 2 is 1.48 bits per heavy atom. The van der Waals surface area contributed by atoms with E-state index >= 15 is 0 Å². The third kappa shape index (κ3) is 9.10. The van der Waals surface area contributed by atoms with E-state index in [4.69, 9.17) is 6.42 Å². The van der Waals surface area contributed by atoms with E-state index in [1.165, 1.54) is 51.4 Å². The first-order chi connectivity index (χ1) is 14.6. The molecule has 31 heavy (non-hydrogen) atoms. The minimum Gasteiger partial charge on any atom is -0.697 e. The first-order valence-electron chi connectivity index (χ1n) is 11.6. The summed E-state index contributed by atoms with van der Waals surface area (Å²) in [6, 6.07) is 3.55. The van der Waals surface area contributed by atoms with Crippen molar-refractivity contribution in [3.05, 3.63) is 60.4 Å². The van der Waals surface area contributed by atoms with Gasteiger partial charge in [0.1, 0.15) is 0 Å². The molecule has 3 heteroatoms. The molecule has 0 saturated heterocycles. The second kappa shape index (κ2) is 17.0. The van der Waals surface area contributed by atoms with E-state index in [9.17, 15) is 8.78 Å². The summed E-state index contributed by atoms with van der Waals surface area (Å²) in [7, 11) is 0. The third-order valence-electron chi connectivity index (χ3n) is 7.05. The van der Waals surface area contributed by atoms with Gasteiger partial charge in [-0.25, -0.2) is 8.78 Å². The Balaban J connectivity index is -0.00000122. The van der Waals surface area contributed by atoms with Gasteiger partial charge >= 0.3 is 0 Å². The molecule has 1 aromatic rings. The molecule has 1 aromatic carbocycles. The van der Waals surface area contributed by atoms with E-state index in [0.29, 0.717) is 11.1 Å². The van der Waals surface area contributed by atoms with Gasteiger partial charge in [-0.3, -0.25) is 0 Å². The molecule has 2 saturated carbocycles. The van der Waals surface area contributed by atoms with Crippen LogP contribution in [0.5, 0.6) is 0 Å². The quantitative estimate of drug-likeness (QED) is 0.212. The summed E-state index contributed by atoms with van der Waals surface area (Å²) >= 11 is 0. The molecule has 0 nitrogen and oxygen atoms in total. The number of halogens is 2. The van der Waals surface area contributed by atoms with Crippen molar-refractivity contribution in [3.63, 3.8) is 0 Å². The van der Waals surface area contributed by atoms with Gasteiger partial charge in [0.25, 0.3) is 0 Å². The SMILES string of the molecule is C/C=C/CCC1CCC(C2CCC(c3ccc(C)c(F)c3F)CC2)CC1.[C-]#C.[CH2-]C.[HH].[HH].[Y]. The molecule has 2 fully saturated rings. The van der Waals surface area contributed by atoms with Crippen LogP contribution in [-0.4, -0.2) is 0 Å². The summed E-state index contributed by atoms with van der Waals surface area (Å²) in [4.78, 5) is 0. The van der Waals surface area contributed by atoms with E-state index in [1.807, 2.05) is 6.07 Å². The molecule has 0 atom stereocenters. The van der Waals surface area contributed by atoms with Crippen molar-refractivity contribution in [3.8, 4) is 6.42 Å². The van der Waals surface area contributed by atoms with Crippen molar-refractivity contribution in [2.45, 2.75) is 90.9 Å². The first kappa shape index (κ1) is 30.5. The van der Waals surface area contributed by atoms with Crippen molar-refractivity contribution < 1.29 is 44.3 Å². The van der Waals surface area contributed by atoms with Crippen molar-refractivity contribution in [2.75, 3.05) is 0 Å². The van der Waals surface area contributed by atoms with Crippen molar-refractivity contribution in [1.82, 2.24) is 0 Å². The second-order valence-electron chi connectivity index (χ2n) is 8.64. The van der Waals surface area contributed by atoms with Crippen LogP contribution in [0.2, 0.25) is 0 Å². The van der Waals surface area contributed by atoms with E-state index in [2.05, 4.69) is 32.4 Å². The average molecular weight is 508 g/mol. The molecule has 0 spiro atoms. The van der Waals surface area contributed by atoms with Gasteiger partial charge in [-0.1, -0.05) is 37.1 Å². The largest absolute Gasteiger partial charge is 0.697 e. The van der Waals surface area contributed by atoms with Crippen LogP contribution < -0.4 is 0 Å². The zero-order valence-electron chi connectivity index (χ0n) is 19.8. The van der Waals surface area contributed by atoms with Crippen LogP contribution in [-0.2, 0) is 32.7 Å². The Kier molecular flexibility index (Phi) is 16.7. The number of hydrogen-bond acceptors (Lipinski definition) is 0. The minimum absolute atomic E-state index is 0. The maximum absolute atomic E-state index is 14.3. The Morgan fingerprint density at radius 3 is 2.00 bits per heavy atom. The van der Waals surface area contributed by atoms with Gasteiger partial charge in [0.2, 0.25) is 0 Å². The molecular formula is C28H44F2Y-2. The summed E-state index contributed by atoms with van der Waals surface area (Å²) in [5.41, 5.74) is 1.02. The standard InChI is InChI=1S/C24H34F2.C2H5.C2H.Y.2H2/c1-3-4-5-6-18-8-10-19(11-9-18)20-12-14-21(15-13-20)22-16-7-17(2)23(25)24(22)26;2*1-2;;;/h3-4,7,16,18-21H,5-6,8-15H2,1-2H3;1H2,2H3;1H;;2*1H/q;2*-1;;;/b4-3+;;;;;. The Hall–Kier alpha value is -0.516. The van der Waals surface area contributed by atoms with E-state index in [0.717, 1.165) is 30.6 Å². The fourth-order valence-corrected chi connectivity index (χ4v) is 5.32. The third-order valence-corrected chi connectivity index (χ3v) is 7.05. The summed E-state index contributed by atoms with van der Waals surface area (Å²) in [5, 5.41) is 0. The number of allylic oxidation sites excluding steroid dienone is 2. The summed E-state index contributed by atoms with van der Waals surface area (Å²) in [6.45, 7) is 8.73. The predicted molar refractivity (Wildman–Crippen MR) is 129 cm³/mol. The van der Waals surface area contributed by atoms with E-state index < -0.39 is 11.6 Å². The van der Waals surface area contributed by atoms with Gasteiger partial charge < -0.3 is 19.8 Å². The normalized spacial score (nSPS) is 25.4. The second-order valence-corrected chi connectivity index (χ2v) is 8.64. The monoisotopic (exact) mass is 507 g/mol. The molecule has 1 radical (unpaired) electrons. The average Bonchev–Trinajstić information content (AvgIpc) is 2.81. The summed E-state index contributed by atoms with van der Waals surface area (Å²) in [5.74, 6) is 1.55. The molecule has 0 heterocycles. The predicted octanol–water partition coefficient (Wildman–Crippen LogP) is 9.25. The van der Waals surface area contributed by atoms with Gasteiger partial charge in [0.05, 0.1) is 0 Å². The van der Waals surface area contributed by atoms with Crippen molar-refractivity contribution in [1.29, 1.82) is 0 Å². The van der Waals surface area contributed by atoms with Crippen LogP contribution in [0.4, 0.5) is 8.78 Å². The van der Waals surface area contributed by atoms with E-state index in [1.54, 1.807) is 19.9 Å². The topological polar surface area (TPSA) is 0 Å². The molecule has 2 aliphatic rings. The van der Waals surface area contributed by atoms with Gasteiger partial charge in [-0.15, -0.1) is 0 Å². The number of terminal acetylenes is 1. The smallest absolute Gasteiger partial charge is 0.162 e. The van der Waals surface area contributed by atoms with Gasteiger partial charge in [-0.2, -0.15) is 6.92 Å². The number of hydrogen-bond donors (Lipinski definition) is 0. The maximum atomic E-state index is 14.3. The van der Waals surface area contributed by atoms with Crippen molar-refractivity contribution >= 4 is 0 Å². The van der Waals surface area contributed by atoms with Crippen LogP contribution in [0.25, 0.3) is 0 Å². The van der Waals surface area contributed by atoms with Gasteiger partial charge in [0, 0.05) is 35.6 Å². The van der Waals surface area contributed by atoms with Crippen LogP contribution in [0.15, 0.2) is 24.3 Å². The van der Waals surface area contributed by atoms with Gasteiger partial charge in [0.15, 0.2) is 11.6 Å². The minimum atomic E-state index is -0.652. The van der Waals surface area contributed by atoms with Crippen LogP contribution in [0.1, 0.15) is 98.0 Å².